The summed E-state index contributed by atoms with van der Waals surface area (Å²) in [6, 6.07) is 5.83. The maximum Gasteiger partial charge on any atom is 0.120 e. The van der Waals surface area contributed by atoms with Crippen LogP contribution >= 0.6 is 28.1 Å². The summed E-state index contributed by atoms with van der Waals surface area (Å²) in [6.45, 7) is 2.26. The average molecular weight is 342 g/mol. The summed E-state index contributed by atoms with van der Waals surface area (Å²) in [5.74, 6) is 1.71. The smallest absolute Gasteiger partial charge is 0.120 e. The van der Waals surface area contributed by atoms with E-state index in [0.29, 0.717) is 11.1 Å². The first-order valence-electron chi connectivity index (χ1n) is 6.86. The van der Waals surface area contributed by atoms with E-state index in [2.05, 4.69) is 22.9 Å². The van der Waals surface area contributed by atoms with Gasteiger partial charge >= 0.3 is 0 Å². The summed E-state index contributed by atoms with van der Waals surface area (Å²) in [5, 5.41) is 0. The Balaban J connectivity index is 2.03. The van der Waals surface area contributed by atoms with Gasteiger partial charge in [0.2, 0.25) is 0 Å². The zero-order valence-corrected chi connectivity index (χ0v) is 13.6. The first-order chi connectivity index (χ1) is 9.10. The zero-order valence-electron chi connectivity index (χ0n) is 11.2. The van der Waals surface area contributed by atoms with Crippen molar-refractivity contribution in [3.8, 4) is 5.75 Å². The van der Waals surface area contributed by atoms with E-state index in [1.54, 1.807) is 0 Å². The van der Waals surface area contributed by atoms with Crippen LogP contribution in [0.15, 0.2) is 22.7 Å². The third-order valence-corrected chi connectivity index (χ3v) is 4.70. The molecule has 0 aromatic heterocycles. The summed E-state index contributed by atoms with van der Waals surface area (Å²) in [5.41, 5.74) is 6.50. The molecule has 0 heterocycles. The summed E-state index contributed by atoms with van der Waals surface area (Å²) in [4.78, 5) is 0.405. The normalized spacial score (nSPS) is 23.1. The fourth-order valence-electron chi connectivity index (χ4n) is 2.68. The predicted octanol–water partition coefficient (Wildman–Crippen LogP) is 4.43. The van der Waals surface area contributed by atoms with Gasteiger partial charge in [-0.3, -0.25) is 0 Å². The van der Waals surface area contributed by atoms with Crippen LogP contribution in [0.3, 0.4) is 0 Å². The van der Waals surface area contributed by atoms with E-state index >= 15 is 0 Å². The molecule has 0 spiro atoms. The molecule has 0 aliphatic heterocycles. The average Bonchev–Trinajstić information content (AvgIpc) is 2.38. The predicted molar refractivity (Wildman–Crippen MR) is 86.7 cm³/mol. The first-order valence-corrected chi connectivity index (χ1v) is 8.06. The Bertz CT molecular complexity index is 463. The van der Waals surface area contributed by atoms with E-state index in [1.807, 2.05) is 18.2 Å². The van der Waals surface area contributed by atoms with Crippen LogP contribution in [0.1, 0.15) is 44.6 Å². The van der Waals surface area contributed by atoms with Gasteiger partial charge in [0.1, 0.15) is 10.7 Å². The molecule has 104 valence electrons. The molecular formula is C15H20BrNOS. The van der Waals surface area contributed by atoms with Crippen LogP contribution in [0.2, 0.25) is 0 Å². The topological polar surface area (TPSA) is 35.2 Å². The van der Waals surface area contributed by atoms with Crippen LogP contribution in [0.25, 0.3) is 0 Å². The van der Waals surface area contributed by atoms with Crippen LogP contribution < -0.4 is 10.5 Å². The number of halogens is 1. The molecule has 1 fully saturated rings. The molecule has 2 atom stereocenters. The molecule has 1 aliphatic rings. The molecule has 4 heteroatoms. The van der Waals surface area contributed by atoms with Crippen molar-refractivity contribution in [3.05, 3.63) is 28.2 Å². The van der Waals surface area contributed by atoms with Crippen molar-refractivity contribution in [3.63, 3.8) is 0 Å². The summed E-state index contributed by atoms with van der Waals surface area (Å²) < 4.78 is 6.99. The molecule has 0 saturated heterocycles. The molecule has 0 bridgehead atoms. The Morgan fingerprint density at radius 1 is 1.47 bits per heavy atom. The van der Waals surface area contributed by atoms with E-state index in [-0.39, 0.29) is 0 Å². The van der Waals surface area contributed by atoms with Crippen LogP contribution in [0.5, 0.6) is 5.75 Å². The summed E-state index contributed by atoms with van der Waals surface area (Å²) >= 11 is 8.48. The van der Waals surface area contributed by atoms with Gasteiger partial charge in [0.25, 0.3) is 0 Å². The molecule has 1 aromatic rings. The molecule has 19 heavy (non-hydrogen) atoms. The number of nitrogens with two attached hydrogens (primary N) is 1. The minimum absolute atomic E-state index is 0.348. The number of thiocarbonyl (C=S) groups is 1. The van der Waals surface area contributed by atoms with Gasteiger partial charge in [0, 0.05) is 10.0 Å². The molecule has 1 saturated carbocycles. The lowest BCUT2D eigenvalue weighted by Crippen LogP contribution is -2.25. The third kappa shape index (κ3) is 3.93. The van der Waals surface area contributed by atoms with Gasteiger partial charge in [-0.1, -0.05) is 32.0 Å². The van der Waals surface area contributed by atoms with Gasteiger partial charge in [-0.25, -0.2) is 0 Å². The Morgan fingerprint density at radius 2 is 2.26 bits per heavy atom. The van der Waals surface area contributed by atoms with Gasteiger partial charge in [-0.15, -0.1) is 0 Å². The highest BCUT2D eigenvalue weighted by Crippen LogP contribution is 2.31. The minimum atomic E-state index is 0.348. The Morgan fingerprint density at radius 3 is 2.89 bits per heavy atom. The second-order valence-corrected chi connectivity index (χ2v) is 6.48. The van der Waals surface area contributed by atoms with Gasteiger partial charge in [-0.05, 0) is 59.3 Å². The maximum atomic E-state index is 6.09. The molecule has 2 unspecified atom stereocenters. The van der Waals surface area contributed by atoms with Crippen molar-refractivity contribution in [2.45, 2.75) is 45.1 Å². The van der Waals surface area contributed by atoms with E-state index in [1.165, 1.54) is 25.7 Å². The number of ether oxygens (including phenoxy) is 1. The maximum absolute atomic E-state index is 6.09. The molecule has 0 amide bonds. The van der Waals surface area contributed by atoms with Crippen molar-refractivity contribution in [1.29, 1.82) is 0 Å². The minimum Gasteiger partial charge on any atom is -0.490 e. The van der Waals surface area contributed by atoms with Gasteiger partial charge in [0.05, 0.1) is 6.10 Å². The van der Waals surface area contributed by atoms with Crippen LogP contribution in [-0.4, -0.2) is 11.1 Å². The highest BCUT2D eigenvalue weighted by molar-refractivity contribution is 9.10. The largest absolute Gasteiger partial charge is 0.490 e. The molecule has 1 aromatic carbocycles. The van der Waals surface area contributed by atoms with Crippen LogP contribution in [0.4, 0.5) is 0 Å². The first kappa shape index (κ1) is 14.8. The van der Waals surface area contributed by atoms with Crippen molar-refractivity contribution in [2.24, 2.45) is 11.7 Å². The number of hydrogen-bond donors (Lipinski definition) is 1. The SMILES string of the molecule is CCC1CCCC(Oc2ccc(C(N)=S)c(Br)c2)C1. The van der Waals surface area contributed by atoms with Crippen molar-refractivity contribution in [2.75, 3.05) is 0 Å². The summed E-state index contributed by atoms with van der Waals surface area (Å²) in [6.07, 6.45) is 6.55. The monoisotopic (exact) mass is 341 g/mol. The lowest BCUT2D eigenvalue weighted by molar-refractivity contribution is 0.122. The standard InChI is InChI=1S/C15H20BrNOS/c1-2-10-4-3-5-11(8-10)18-12-6-7-13(15(17)19)14(16)9-12/h6-7,9-11H,2-5,8H2,1H3,(H2,17,19). The molecule has 2 nitrogen and oxygen atoms in total. The van der Waals surface area contributed by atoms with E-state index < -0.39 is 0 Å². The van der Waals surface area contributed by atoms with Crippen molar-refractivity contribution in [1.82, 2.24) is 0 Å². The van der Waals surface area contributed by atoms with Gasteiger partial charge < -0.3 is 10.5 Å². The van der Waals surface area contributed by atoms with Crippen molar-refractivity contribution >= 4 is 33.1 Å². The second kappa shape index (κ2) is 6.71. The Kier molecular flexibility index (Phi) is 5.22. The van der Waals surface area contributed by atoms with E-state index in [4.69, 9.17) is 22.7 Å². The van der Waals surface area contributed by atoms with Crippen LogP contribution in [0, 0.1) is 5.92 Å². The second-order valence-electron chi connectivity index (χ2n) is 5.19. The number of hydrogen-bond acceptors (Lipinski definition) is 2. The molecule has 1 aliphatic carbocycles. The summed E-state index contributed by atoms with van der Waals surface area (Å²) in [7, 11) is 0. The lowest BCUT2D eigenvalue weighted by atomic mass is 9.85. The fraction of sp³-hybridized carbons (Fsp3) is 0.533. The van der Waals surface area contributed by atoms with Gasteiger partial charge in [0.15, 0.2) is 0 Å². The van der Waals surface area contributed by atoms with Crippen molar-refractivity contribution < 1.29 is 4.74 Å². The Labute approximate surface area is 128 Å². The van der Waals surface area contributed by atoms with E-state index in [9.17, 15) is 0 Å². The fourth-order valence-corrected chi connectivity index (χ4v) is 3.56. The zero-order chi connectivity index (χ0) is 13.8. The molecule has 2 rings (SSSR count). The highest BCUT2D eigenvalue weighted by atomic mass is 79.9. The number of benzene rings is 1. The molecule has 2 N–H and O–H groups in total. The molecule has 0 radical (unpaired) electrons. The lowest BCUT2D eigenvalue weighted by Gasteiger charge is -2.29. The van der Waals surface area contributed by atoms with Gasteiger partial charge in [-0.2, -0.15) is 0 Å². The quantitative estimate of drug-likeness (QED) is 0.822. The number of rotatable bonds is 4. The third-order valence-electron chi connectivity index (χ3n) is 3.82. The molecular weight excluding hydrogens is 322 g/mol. The van der Waals surface area contributed by atoms with E-state index in [0.717, 1.165) is 28.1 Å². The highest BCUT2D eigenvalue weighted by Gasteiger charge is 2.22. The van der Waals surface area contributed by atoms with Crippen LogP contribution in [-0.2, 0) is 0 Å². The Hall–Kier alpha value is -0.610.